The van der Waals surface area contributed by atoms with Crippen LogP contribution in [-0.2, 0) is 6.18 Å². The monoisotopic (exact) mass is 290 g/mol. The molecule has 5 nitrogen and oxygen atoms in total. The number of hydrogen-bond acceptors (Lipinski definition) is 3. The maximum absolute atomic E-state index is 12.6. The first-order valence-corrected chi connectivity index (χ1v) is 6.24. The number of hydrogen-bond donors (Lipinski definition) is 0. The molecule has 0 atom stereocenters. The lowest BCUT2D eigenvalue weighted by Gasteiger charge is -2.17. The average Bonchev–Trinajstić information content (AvgIpc) is 2.35. The van der Waals surface area contributed by atoms with E-state index < -0.39 is 11.9 Å². The first-order chi connectivity index (χ1) is 9.25. The van der Waals surface area contributed by atoms with Crippen molar-refractivity contribution in [2.75, 3.05) is 11.6 Å². The molecule has 0 saturated carbocycles. The summed E-state index contributed by atoms with van der Waals surface area (Å²) >= 11 is 0. The molecule has 0 fully saturated rings. The van der Waals surface area contributed by atoms with Crippen molar-refractivity contribution in [3.05, 3.63) is 29.2 Å². The molecule has 1 rings (SSSR count). The minimum atomic E-state index is -4.53. The quantitative estimate of drug-likeness (QED) is 0.473. The van der Waals surface area contributed by atoms with Crippen molar-refractivity contribution in [1.82, 2.24) is 4.98 Å². The van der Waals surface area contributed by atoms with Crippen molar-refractivity contribution in [3.63, 3.8) is 0 Å². The van der Waals surface area contributed by atoms with Crippen molar-refractivity contribution in [1.29, 1.82) is 0 Å². The zero-order chi connectivity index (χ0) is 15.3. The van der Waals surface area contributed by atoms with Crippen LogP contribution in [0, 0.1) is 5.21 Å². The van der Waals surface area contributed by atoms with E-state index in [2.05, 4.69) is 10.2 Å². The zero-order valence-corrected chi connectivity index (χ0v) is 11.6. The molecule has 20 heavy (non-hydrogen) atoms. The van der Waals surface area contributed by atoms with E-state index in [0.29, 0.717) is 11.3 Å². The lowest BCUT2D eigenvalue weighted by Crippen LogP contribution is -2.27. The van der Waals surface area contributed by atoms with Crippen molar-refractivity contribution in [3.8, 4) is 0 Å². The predicted molar refractivity (Wildman–Crippen MR) is 68.1 cm³/mol. The van der Waals surface area contributed by atoms with Gasteiger partial charge in [0.05, 0.1) is 5.22 Å². The molecule has 0 N–H and O–H groups in total. The summed E-state index contributed by atoms with van der Waals surface area (Å²) in [6, 6.07) is 2.01. The number of aromatic nitrogens is 1. The van der Waals surface area contributed by atoms with Crippen LogP contribution in [0.1, 0.15) is 32.9 Å². The van der Waals surface area contributed by atoms with Gasteiger partial charge in [-0.2, -0.15) is 18.0 Å². The lowest BCUT2D eigenvalue weighted by molar-refractivity contribution is -0.531. The number of anilines is 1. The Morgan fingerprint density at radius 2 is 2.10 bits per heavy atom. The Morgan fingerprint density at radius 1 is 1.45 bits per heavy atom. The highest BCUT2D eigenvalue weighted by atomic mass is 19.4. The number of nitrogens with zero attached hydrogens (tertiary/aromatic N) is 4. The fourth-order valence-corrected chi connectivity index (χ4v) is 1.51. The van der Waals surface area contributed by atoms with Crippen LogP contribution in [0.5, 0.6) is 0 Å². The SMILES string of the molecule is CCC/[N+]([O-])=N/N(c1ccnc(C(F)(F)F)c1)C(C)C. The van der Waals surface area contributed by atoms with Crippen LogP contribution < -0.4 is 5.01 Å². The molecular formula is C12H17F3N4O. The highest BCUT2D eigenvalue weighted by Crippen LogP contribution is 2.30. The van der Waals surface area contributed by atoms with Crippen LogP contribution in [0.15, 0.2) is 23.6 Å². The molecular weight excluding hydrogens is 273 g/mol. The molecule has 0 aliphatic rings. The van der Waals surface area contributed by atoms with Gasteiger partial charge in [-0.3, -0.25) is 4.98 Å². The first-order valence-electron chi connectivity index (χ1n) is 6.24. The maximum atomic E-state index is 12.6. The molecule has 1 aromatic rings. The van der Waals surface area contributed by atoms with Crippen LogP contribution in [0.3, 0.4) is 0 Å². The third-order valence-corrected chi connectivity index (χ3v) is 2.40. The van der Waals surface area contributed by atoms with Gasteiger partial charge in [-0.25, -0.2) is 0 Å². The molecule has 8 heteroatoms. The van der Waals surface area contributed by atoms with Gasteiger partial charge in [0, 0.05) is 18.3 Å². The van der Waals surface area contributed by atoms with Crippen molar-refractivity contribution >= 4 is 5.69 Å². The van der Waals surface area contributed by atoms with E-state index >= 15 is 0 Å². The van der Waals surface area contributed by atoms with Crippen molar-refractivity contribution in [2.24, 2.45) is 5.22 Å². The Morgan fingerprint density at radius 3 is 2.60 bits per heavy atom. The average molecular weight is 290 g/mol. The van der Waals surface area contributed by atoms with Crippen LogP contribution in [-0.4, -0.2) is 22.4 Å². The van der Waals surface area contributed by atoms with E-state index in [1.807, 2.05) is 6.92 Å². The van der Waals surface area contributed by atoms with Gasteiger partial charge in [0.15, 0.2) is 5.69 Å². The van der Waals surface area contributed by atoms with Gasteiger partial charge in [0.2, 0.25) is 0 Å². The van der Waals surface area contributed by atoms with Gasteiger partial charge in [0.25, 0.3) is 0 Å². The van der Waals surface area contributed by atoms with Crippen LogP contribution in [0.2, 0.25) is 0 Å². The summed E-state index contributed by atoms with van der Waals surface area (Å²) in [5.41, 5.74) is -0.830. The maximum Gasteiger partial charge on any atom is 0.433 e. The Kier molecular flexibility index (Phi) is 5.29. The first kappa shape index (κ1) is 16.2. The summed E-state index contributed by atoms with van der Waals surface area (Å²) < 4.78 is 37.9. The molecule has 0 spiro atoms. The molecule has 1 aromatic heterocycles. The molecule has 0 saturated heterocycles. The number of rotatable bonds is 5. The normalized spacial score (nSPS) is 12.8. The largest absolute Gasteiger partial charge is 0.696 e. The second-order valence-electron chi connectivity index (χ2n) is 4.50. The van der Waals surface area contributed by atoms with E-state index in [1.54, 1.807) is 13.8 Å². The Bertz CT molecular complexity index is 474. The Hall–Kier alpha value is -1.86. The third kappa shape index (κ3) is 4.36. The third-order valence-electron chi connectivity index (χ3n) is 2.40. The fourth-order valence-electron chi connectivity index (χ4n) is 1.51. The summed E-state index contributed by atoms with van der Waals surface area (Å²) in [6.45, 7) is 5.46. The second kappa shape index (κ2) is 6.53. The van der Waals surface area contributed by atoms with E-state index in [0.717, 1.165) is 12.3 Å². The smallest absolute Gasteiger partial charge is 0.433 e. The minimum absolute atomic E-state index is 0.180. The van der Waals surface area contributed by atoms with Gasteiger partial charge < -0.3 is 5.21 Å². The van der Waals surface area contributed by atoms with Crippen LogP contribution >= 0.6 is 0 Å². The molecule has 1 heterocycles. The molecule has 0 amide bonds. The minimum Gasteiger partial charge on any atom is -0.696 e. The Labute approximate surface area is 115 Å². The lowest BCUT2D eigenvalue weighted by atomic mass is 10.2. The van der Waals surface area contributed by atoms with Gasteiger partial charge in [-0.15, -0.1) is 5.01 Å². The summed E-state index contributed by atoms with van der Waals surface area (Å²) in [5.74, 6) is 0. The summed E-state index contributed by atoms with van der Waals surface area (Å²) in [7, 11) is 0. The molecule has 0 bridgehead atoms. The number of pyridine rings is 1. The number of halogens is 3. The second-order valence-corrected chi connectivity index (χ2v) is 4.50. The van der Waals surface area contributed by atoms with E-state index in [4.69, 9.17) is 0 Å². The standard InChI is InChI=1S/C12H17F3N4O/c1-4-7-18(20)17-19(9(2)3)10-5-6-16-11(8-10)12(13,14)15/h5-6,8-9H,4,7H2,1-3H3/b18-17-. The van der Waals surface area contributed by atoms with Gasteiger partial charge >= 0.3 is 6.18 Å². The van der Waals surface area contributed by atoms with Gasteiger partial charge in [0.1, 0.15) is 18.3 Å². The van der Waals surface area contributed by atoms with Crippen LogP contribution in [0.4, 0.5) is 18.9 Å². The fraction of sp³-hybridized carbons (Fsp3) is 0.583. The highest BCUT2D eigenvalue weighted by molar-refractivity contribution is 5.46. The Balaban J connectivity index is 3.13. The van der Waals surface area contributed by atoms with E-state index in [9.17, 15) is 18.4 Å². The topological polar surface area (TPSA) is 54.6 Å². The van der Waals surface area contributed by atoms with Crippen LogP contribution in [0.25, 0.3) is 0 Å². The molecule has 0 aromatic carbocycles. The zero-order valence-electron chi connectivity index (χ0n) is 11.6. The van der Waals surface area contributed by atoms with Gasteiger partial charge in [-0.1, -0.05) is 6.92 Å². The highest BCUT2D eigenvalue weighted by Gasteiger charge is 2.34. The van der Waals surface area contributed by atoms with E-state index in [-0.39, 0.29) is 18.3 Å². The van der Waals surface area contributed by atoms with Crippen molar-refractivity contribution in [2.45, 2.75) is 39.4 Å². The molecule has 112 valence electrons. The number of alkyl halides is 3. The molecule has 0 radical (unpaired) electrons. The summed E-state index contributed by atoms with van der Waals surface area (Å²) in [5, 5.41) is 16.5. The molecule has 0 aliphatic carbocycles. The number of hydroxylamine groups is 1. The van der Waals surface area contributed by atoms with E-state index in [1.165, 1.54) is 11.1 Å². The van der Waals surface area contributed by atoms with Crippen molar-refractivity contribution < 1.29 is 18.0 Å². The molecule has 0 unspecified atom stereocenters. The predicted octanol–water partition coefficient (Wildman–Crippen LogP) is 3.60. The molecule has 0 aliphatic heterocycles. The van der Waals surface area contributed by atoms with Gasteiger partial charge in [-0.05, 0) is 20.3 Å². The summed E-state index contributed by atoms with van der Waals surface area (Å²) in [4.78, 5) is 3.75. The summed E-state index contributed by atoms with van der Waals surface area (Å²) in [6.07, 6.45) is -2.87.